The molecule has 0 N–H and O–H groups in total. The molecule has 0 amide bonds. The van der Waals surface area contributed by atoms with Crippen molar-refractivity contribution in [2.75, 3.05) is 318 Å². The second-order valence-corrected chi connectivity index (χ2v) is 19.1. The van der Waals surface area contributed by atoms with Gasteiger partial charge in [-0.05, 0) is 12.8 Å². The maximum Gasteiger partial charge on any atom is 0.459 e. The van der Waals surface area contributed by atoms with Crippen molar-refractivity contribution in [2.45, 2.75) is 69.4 Å². The van der Waals surface area contributed by atoms with Crippen LogP contribution in [0.25, 0.3) is 0 Å². The molecule has 0 saturated heterocycles. The maximum absolute atomic E-state index is 13.2. The van der Waals surface area contributed by atoms with E-state index in [0.29, 0.717) is 310 Å². The fourth-order valence-electron chi connectivity index (χ4n) is 6.83. The Hall–Kier alpha value is -1.45. The lowest BCUT2D eigenvalue weighted by atomic mass is 10.1. The Morgan fingerprint density at radius 2 is 0.300 bits per heavy atom. The zero-order valence-electron chi connectivity index (χ0n) is 53.8. The first-order chi connectivity index (χ1) is 44.1. The van der Waals surface area contributed by atoms with Crippen LogP contribution >= 0.6 is 0 Å². The molecule has 0 bridgehead atoms. The van der Waals surface area contributed by atoms with Gasteiger partial charge in [-0.1, -0.05) is 38.5 Å². The Kier molecular flexibility index (Phi) is 70.7. The molecule has 0 fully saturated rings. The number of halogens is 7. The van der Waals surface area contributed by atoms with Gasteiger partial charge in [0.25, 0.3) is 0 Å². The Bertz CT molecular complexity index is 1370. The van der Waals surface area contributed by atoms with Gasteiger partial charge < -0.3 is 114 Å². The second kappa shape index (κ2) is 71.8. The van der Waals surface area contributed by atoms with Crippen LogP contribution in [0.3, 0.4) is 0 Å². The summed E-state index contributed by atoms with van der Waals surface area (Å²) in [5.74, 6) is -11.5. The smallest absolute Gasteiger partial charge is 0.382 e. The third-order valence-corrected chi connectivity index (χ3v) is 11.7. The second-order valence-electron chi connectivity index (χ2n) is 19.1. The van der Waals surface area contributed by atoms with Crippen LogP contribution in [-0.2, 0) is 114 Å². The van der Waals surface area contributed by atoms with Crippen molar-refractivity contribution in [3.63, 3.8) is 0 Å². The number of hydrogen-bond donors (Lipinski definition) is 0. The minimum absolute atomic E-state index is 0.300. The normalized spacial score (nSPS) is 12.4. The van der Waals surface area contributed by atoms with E-state index in [9.17, 15) is 30.7 Å². The van der Waals surface area contributed by atoms with E-state index < -0.39 is 24.6 Å². The first-order valence-electron chi connectivity index (χ1n) is 31.7. The Labute approximate surface area is 530 Å². The molecule has 0 saturated carbocycles. The molecule has 0 aromatic carbocycles. The van der Waals surface area contributed by atoms with E-state index in [0.717, 1.165) is 38.5 Å². The van der Waals surface area contributed by atoms with E-state index in [4.69, 9.17) is 109 Å². The van der Waals surface area contributed by atoms with Gasteiger partial charge in [0, 0.05) is 20.3 Å². The molecule has 0 rings (SSSR count). The number of methoxy groups -OCH3 is 1. The fourth-order valence-corrected chi connectivity index (χ4v) is 6.83. The molecule has 0 aromatic heterocycles. The van der Waals surface area contributed by atoms with Crippen LogP contribution in [0.5, 0.6) is 0 Å². The summed E-state index contributed by atoms with van der Waals surface area (Å²) in [6.45, 7) is 19.4. The van der Waals surface area contributed by atoms with E-state index in [1.54, 1.807) is 7.11 Å². The van der Waals surface area contributed by atoms with Gasteiger partial charge in [-0.2, -0.15) is 30.7 Å². The number of alkyl halides is 7. The van der Waals surface area contributed by atoms with Crippen LogP contribution in [0.1, 0.15) is 51.4 Å². The van der Waals surface area contributed by atoms with Crippen LogP contribution in [0, 0.1) is 0 Å². The van der Waals surface area contributed by atoms with E-state index >= 15 is 0 Å². The first-order valence-corrected chi connectivity index (χ1v) is 31.7. The van der Waals surface area contributed by atoms with Gasteiger partial charge in [0.15, 0.2) is 0 Å². The van der Waals surface area contributed by atoms with Crippen molar-refractivity contribution in [1.82, 2.24) is 0 Å². The van der Waals surface area contributed by atoms with Crippen molar-refractivity contribution in [2.24, 2.45) is 0 Å². The Balaban J connectivity index is 3.13. The molecule has 0 unspecified atom stereocenters. The van der Waals surface area contributed by atoms with Gasteiger partial charge in [0.1, 0.15) is 6.61 Å². The van der Waals surface area contributed by atoms with E-state index in [1.807, 2.05) is 0 Å². The summed E-state index contributed by atoms with van der Waals surface area (Å²) in [7, 11) is 1.64. The number of rotatable bonds is 80. The average molecular weight is 1340 g/mol. The van der Waals surface area contributed by atoms with E-state index in [-0.39, 0.29) is 6.61 Å². The van der Waals surface area contributed by atoms with Crippen LogP contribution in [-0.4, -0.2) is 336 Å². The minimum Gasteiger partial charge on any atom is -0.382 e. The highest BCUT2D eigenvalue weighted by atomic mass is 19.4. The standard InChI is InChI=1S/C59H113F7O24/c1-67-12-13-69-16-17-71-20-21-73-24-25-75-28-29-77-32-33-79-36-37-81-40-41-83-44-45-85-48-49-87-52-53-89-55-54-88-51-50-86-47-46-84-43-42-82-39-38-80-35-34-78-31-30-76-27-26-74-23-22-72-19-18-70-15-14-68-10-8-6-4-2-3-5-7-9-11-90-56-57(60,61)58(62,63)59(64,65)66/h2-56H2,1H3. The van der Waals surface area contributed by atoms with Crippen molar-refractivity contribution in [1.29, 1.82) is 0 Å². The predicted octanol–water partition coefficient (Wildman–Crippen LogP) is 5.97. The number of unbranched alkanes of at least 4 members (excludes halogenated alkanes) is 7. The molecule has 24 nitrogen and oxygen atoms in total. The zero-order chi connectivity index (χ0) is 65.4. The molecule has 542 valence electrons. The quantitative estimate of drug-likeness (QED) is 0.0506. The molecule has 0 aliphatic heterocycles. The molecule has 0 spiro atoms. The van der Waals surface area contributed by atoms with Crippen LogP contribution in [0.2, 0.25) is 0 Å². The summed E-state index contributed by atoms with van der Waals surface area (Å²) in [5, 5.41) is 0. The Morgan fingerprint density at radius 1 is 0.167 bits per heavy atom. The lowest BCUT2D eigenvalue weighted by Gasteiger charge is -2.27. The number of ether oxygens (including phenoxy) is 24. The summed E-state index contributed by atoms with van der Waals surface area (Å²) < 4.78 is 219. The minimum atomic E-state index is -6.34. The highest BCUT2D eigenvalue weighted by Gasteiger charge is 2.73. The van der Waals surface area contributed by atoms with Gasteiger partial charge in [-0.25, -0.2) is 0 Å². The molecule has 0 heterocycles. The molecular formula is C59H113F7O24. The van der Waals surface area contributed by atoms with Crippen LogP contribution in [0.15, 0.2) is 0 Å². The highest BCUT2D eigenvalue weighted by Crippen LogP contribution is 2.46. The molecule has 0 radical (unpaired) electrons. The van der Waals surface area contributed by atoms with Gasteiger partial charge in [-0.3, -0.25) is 0 Å². The van der Waals surface area contributed by atoms with Gasteiger partial charge in [0.05, 0.1) is 291 Å². The molecule has 0 aromatic rings. The predicted molar refractivity (Wildman–Crippen MR) is 314 cm³/mol. The summed E-state index contributed by atoms with van der Waals surface area (Å²) in [6, 6.07) is 0. The van der Waals surface area contributed by atoms with Gasteiger partial charge in [-0.15, -0.1) is 0 Å². The van der Waals surface area contributed by atoms with Crippen molar-refractivity contribution >= 4 is 0 Å². The fraction of sp³-hybridized carbons (Fsp3) is 1.00. The van der Waals surface area contributed by atoms with E-state index in [2.05, 4.69) is 4.74 Å². The molecule has 0 aliphatic carbocycles. The monoisotopic (exact) mass is 1340 g/mol. The van der Waals surface area contributed by atoms with Gasteiger partial charge in [0.2, 0.25) is 0 Å². The molecule has 0 atom stereocenters. The Morgan fingerprint density at radius 3 is 0.456 bits per heavy atom. The largest absolute Gasteiger partial charge is 0.459 e. The van der Waals surface area contributed by atoms with Crippen LogP contribution < -0.4 is 0 Å². The highest BCUT2D eigenvalue weighted by molar-refractivity contribution is 4.91. The van der Waals surface area contributed by atoms with Crippen molar-refractivity contribution in [3.8, 4) is 0 Å². The van der Waals surface area contributed by atoms with Crippen LogP contribution in [0.4, 0.5) is 30.7 Å². The van der Waals surface area contributed by atoms with Crippen molar-refractivity contribution in [3.05, 3.63) is 0 Å². The molecular weight excluding hydrogens is 1230 g/mol. The molecule has 31 heteroatoms. The van der Waals surface area contributed by atoms with Gasteiger partial charge >= 0.3 is 18.0 Å². The average Bonchev–Trinajstić information content (AvgIpc) is 1.32. The summed E-state index contributed by atoms with van der Waals surface area (Å²) in [4.78, 5) is 0. The SMILES string of the molecule is COCCOCCOCCOCCOCCOCCOCCOCCOCCOCCOCCOCCOCCOCCOCCOCCOCCOCCOCCOCCOCCOCCOCCCCCCCCCCOCC(F)(F)C(F)(F)C(F)(F)F. The lowest BCUT2D eigenvalue weighted by Crippen LogP contribution is -2.54. The summed E-state index contributed by atoms with van der Waals surface area (Å²) >= 11 is 0. The lowest BCUT2D eigenvalue weighted by molar-refractivity contribution is -0.361. The zero-order valence-corrected chi connectivity index (χ0v) is 53.8. The molecule has 0 aliphatic rings. The summed E-state index contributed by atoms with van der Waals surface area (Å²) in [6.07, 6.45) is 0.0620. The van der Waals surface area contributed by atoms with Crippen molar-refractivity contribution < 1.29 is 144 Å². The third kappa shape index (κ3) is 66.6. The third-order valence-electron chi connectivity index (χ3n) is 11.7. The summed E-state index contributed by atoms with van der Waals surface area (Å²) in [5.41, 5.74) is 0. The maximum atomic E-state index is 13.2. The van der Waals surface area contributed by atoms with E-state index in [1.165, 1.54) is 0 Å². The first kappa shape index (κ1) is 88.5. The molecule has 90 heavy (non-hydrogen) atoms. The number of hydrogen-bond acceptors (Lipinski definition) is 24. The topological polar surface area (TPSA) is 222 Å².